The molecule has 1 saturated heterocycles. The summed E-state index contributed by atoms with van der Waals surface area (Å²) in [5.41, 5.74) is 7.01. The number of benzene rings is 1. The van der Waals surface area contributed by atoms with E-state index in [0.717, 1.165) is 17.3 Å². The molecule has 1 aromatic heterocycles. The predicted octanol–water partition coefficient (Wildman–Crippen LogP) is 2.34. The highest BCUT2D eigenvalue weighted by Crippen LogP contribution is 2.32. The third-order valence-electron chi connectivity index (χ3n) is 3.88. The summed E-state index contributed by atoms with van der Waals surface area (Å²) in [5, 5.41) is 3.94. The molecule has 0 spiro atoms. The number of carbonyl (C=O) groups is 1. The number of methoxy groups -OCH3 is 1. The summed E-state index contributed by atoms with van der Waals surface area (Å²) in [6, 6.07) is 5.41. The van der Waals surface area contributed by atoms with Crippen molar-refractivity contribution in [3.8, 4) is 5.75 Å². The van der Waals surface area contributed by atoms with Crippen LogP contribution in [-0.4, -0.2) is 36.8 Å². The molecule has 0 saturated carbocycles. The van der Waals surface area contributed by atoms with Crippen LogP contribution in [0.4, 0.5) is 5.69 Å². The van der Waals surface area contributed by atoms with Crippen molar-refractivity contribution < 1.29 is 14.3 Å². The number of hydrogen-bond donors (Lipinski definition) is 2. The van der Waals surface area contributed by atoms with Crippen LogP contribution in [0.15, 0.2) is 24.4 Å². The minimum Gasteiger partial charge on any atom is -0.497 e. The Balaban J connectivity index is 1.89. The second kappa shape index (κ2) is 6.70. The van der Waals surface area contributed by atoms with Gasteiger partial charge in [-0.25, -0.2) is 0 Å². The minimum atomic E-state index is -0.514. The van der Waals surface area contributed by atoms with Crippen molar-refractivity contribution in [1.29, 1.82) is 0 Å². The van der Waals surface area contributed by atoms with E-state index in [1.807, 2.05) is 6.07 Å². The summed E-state index contributed by atoms with van der Waals surface area (Å²) in [6.07, 6.45) is 2.36. The van der Waals surface area contributed by atoms with Crippen molar-refractivity contribution in [1.82, 2.24) is 4.98 Å². The largest absolute Gasteiger partial charge is 0.497 e. The summed E-state index contributed by atoms with van der Waals surface area (Å²) in [6.45, 7) is 0.386. The van der Waals surface area contributed by atoms with Gasteiger partial charge in [0.05, 0.1) is 29.9 Å². The molecule has 3 N–H and O–H groups in total. The number of rotatable bonds is 3. The third kappa shape index (κ3) is 3.39. The first-order valence-corrected chi connectivity index (χ1v) is 7.76. The third-order valence-corrected chi connectivity index (χ3v) is 4.17. The van der Waals surface area contributed by atoms with E-state index in [4.69, 9.17) is 26.8 Å². The van der Waals surface area contributed by atoms with Gasteiger partial charge in [0.15, 0.2) is 0 Å². The van der Waals surface area contributed by atoms with Gasteiger partial charge in [0.25, 0.3) is 5.91 Å². The fourth-order valence-corrected chi connectivity index (χ4v) is 2.78. The van der Waals surface area contributed by atoms with Crippen molar-refractivity contribution >= 4 is 34.1 Å². The van der Waals surface area contributed by atoms with Gasteiger partial charge < -0.3 is 20.5 Å². The van der Waals surface area contributed by atoms with E-state index in [1.54, 1.807) is 19.2 Å². The van der Waals surface area contributed by atoms with E-state index in [-0.39, 0.29) is 11.9 Å². The number of aromatic nitrogens is 1. The van der Waals surface area contributed by atoms with Crippen LogP contribution in [0.1, 0.15) is 12.8 Å². The van der Waals surface area contributed by atoms with Gasteiger partial charge in [0, 0.05) is 17.6 Å². The summed E-state index contributed by atoms with van der Waals surface area (Å²) in [5.74, 6) is 0.436. The monoisotopic (exact) mass is 335 g/mol. The molecule has 0 unspecified atom stereocenters. The summed E-state index contributed by atoms with van der Waals surface area (Å²) >= 11 is 6.23. The van der Waals surface area contributed by atoms with E-state index in [1.165, 1.54) is 6.20 Å². The smallest absolute Gasteiger partial charge is 0.253 e. The maximum Gasteiger partial charge on any atom is 0.253 e. The molecule has 7 heteroatoms. The molecule has 1 amide bonds. The van der Waals surface area contributed by atoms with Crippen LogP contribution in [0, 0.1) is 0 Å². The number of hydrogen-bond acceptors (Lipinski definition) is 5. The molecule has 1 fully saturated rings. The van der Waals surface area contributed by atoms with Crippen LogP contribution in [0.2, 0.25) is 5.02 Å². The molecule has 122 valence electrons. The van der Waals surface area contributed by atoms with Gasteiger partial charge in [0.2, 0.25) is 0 Å². The molecule has 1 aliphatic heterocycles. The normalized spacial score (nSPS) is 21.2. The average molecular weight is 336 g/mol. The number of nitrogens with two attached hydrogens (primary N) is 1. The Bertz CT molecular complexity index is 730. The lowest BCUT2D eigenvalue weighted by Gasteiger charge is -2.26. The second-order valence-corrected chi connectivity index (χ2v) is 5.92. The molecule has 0 bridgehead atoms. The molecule has 2 heterocycles. The maximum absolute atomic E-state index is 12.4. The van der Waals surface area contributed by atoms with Crippen LogP contribution < -0.4 is 15.8 Å². The zero-order valence-electron chi connectivity index (χ0n) is 12.7. The van der Waals surface area contributed by atoms with Crippen LogP contribution >= 0.6 is 11.6 Å². The van der Waals surface area contributed by atoms with Gasteiger partial charge in [-0.15, -0.1) is 0 Å². The van der Waals surface area contributed by atoms with Crippen molar-refractivity contribution in [3.63, 3.8) is 0 Å². The van der Waals surface area contributed by atoms with E-state index in [2.05, 4.69) is 10.3 Å². The van der Waals surface area contributed by atoms with Gasteiger partial charge >= 0.3 is 0 Å². The fourth-order valence-electron chi connectivity index (χ4n) is 2.58. The first-order chi connectivity index (χ1) is 11.1. The SMILES string of the molecule is COc1ccc2ncc(Cl)c(NC(=O)[C@@H]3CC[C@@H](N)CO3)c2c1. The van der Waals surface area contributed by atoms with Gasteiger partial charge in [-0.2, -0.15) is 0 Å². The van der Waals surface area contributed by atoms with Crippen LogP contribution in [0.3, 0.4) is 0 Å². The highest BCUT2D eigenvalue weighted by Gasteiger charge is 2.26. The number of amides is 1. The average Bonchev–Trinajstić information content (AvgIpc) is 2.57. The standard InChI is InChI=1S/C16H18ClN3O3/c1-22-10-3-4-13-11(6-10)15(12(17)7-19-13)20-16(21)14-5-2-9(18)8-23-14/h3-4,6-7,9,14H,2,5,8,18H2,1H3,(H,19,20,21)/t9-,14+/m1/s1. The number of nitrogens with zero attached hydrogens (tertiary/aromatic N) is 1. The minimum absolute atomic E-state index is 0.00588. The first kappa shape index (κ1) is 16.0. The molecule has 2 aromatic rings. The van der Waals surface area contributed by atoms with E-state index < -0.39 is 6.10 Å². The Morgan fingerprint density at radius 3 is 3.00 bits per heavy atom. The number of pyridine rings is 1. The fraction of sp³-hybridized carbons (Fsp3) is 0.375. The first-order valence-electron chi connectivity index (χ1n) is 7.39. The second-order valence-electron chi connectivity index (χ2n) is 5.51. The Labute approximate surface area is 138 Å². The molecular weight excluding hydrogens is 318 g/mol. The van der Waals surface area contributed by atoms with Crippen molar-refractivity contribution in [3.05, 3.63) is 29.4 Å². The molecule has 0 radical (unpaired) electrons. The van der Waals surface area contributed by atoms with Gasteiger partial charge in [-0.05, 0) is 31.0 Å². The predicted molar refractivity (Wildman–Crippen MR) is 88.9 cm³/mol. The quantitative estimate of drug-likeness (QED) is 0.899. The lowest BCUT2D eigenvalue weighted by Crippen LogP contribution is -2.41. The Morgan fingerprint density at radius 1 is 1.48 bits per heavy atom. The number of fused-ring (bicyclic) bond motifs is 1. The molecule has 3 rings (SSSR count). The lowest BCUT2D eigenvalue weighted by molar-refractivity contribution is -0.130. The van der Waals surface area contributed by atoms with Gasteiger partial charge in [-0.3, -0.25) is 9.78 Å². The van der Waals surface area contributed by atoms with E-state index in [9.17, 15) is 4.79 Å². The Morgan fingerprint density at radius 2 is 2.30 bits per heavy atom. The van der Waals surface area contributed by atoms with Crippen molar-refractivity contribution in [2.75, 3.05) is 19.0 Å². The molecule has 6 nitrogen and oxygen atoms in total. The van der Waals surface area contributed by atoms with Gasteiger partial charge in [-0.1, -0.05) is 11.6 Å². The Hall–Kier alpha value is -1.89. The number of nitrogens with one attached hydrogen (secondary N) is 1. The molecule has 0 aliphatic carbocycles. The number of carbonyl (C=O) groups excluding carboxylic acids is 1. The van der Waals surface area contributed by atoms with Gasteiger partial charge in [0.1, 0.15) is 11.9 Å². The zero-order valence-corrected chi connectivity index (χ0v) is 13.5. The summed E-state index contributed by atoms with van der Waals surface area (Å²) in [4.78, 5) is 16.7. The molecule has 2 atom stereocenters. The maximum atomic E-state index is 12.4. The topological polar surface area (TPSA) is 86.5 Å². The molecule has 23 heavy (non-hydrogen) atoms. The molecule has 1 aliphatic rings. The summed E-state index contributed by atoms with van der Waals surface area (Å²) < 4.78 is 10.7. The van der Waals surface area contributed by atoms with Crippen molar-refractivity contribution in [2.45, 2.75) is 25.0 Å². The number of halogens is 1. The summed E-state index contributed by atoms with van der Waals surface area (Å²) in [7, 11) is 1.58. The van der Waals surface area contributed by atoms with Crippen molar-refractivity contribution in [2.24, 2.45) is 5.73 Å². The van der Waals surface area contributed by atoms with Crippen LogP contribution in [-0.2, 0) is 9.53 Å². The number of anilines is 1. The zero-order chi connectivity index (χ0) is 16.4. The lowest BCUT2D eigenvalue weighted by atomic mass is 10.0. The van der Waals surface area contributed by atoms with Crippen LogP contribution in [0.5, 0.6) is 5.75 Å². The highest BCUT2D eigenvalue weighted by molar-refractivity contribution is 6.35. The molecular formula is C16H18ClN3O3. The number of ether oxygens (including phenoxy) is 2. The molecule has 1 aromatic carbocycles. The van der Waals surface area contributed by atoms with E-state index >= 15 is 0 Å². The van der Waals surface area contributed by atoms with Crippen LogP contribution in [0.25, 0.3) is 10.9 Å². The Kier molecular flexibility index (Phi) is 4.66. The highest BCUT2D eigenvalue weighted by atomic mass is 35.5. The van der Waals surface area contributed by atoms with E-state index in [0.29, 0.717) is 29.5 Å².